The SMILES string of the molecule is CC(C)(C)OC(=O)N1CC(O)C(N)C1Cc1ccccc1. The molecule has 1 fully saturated rings. The van der Waals surface area contributed by atoms with Crippen LogP contribution in [0, 0.1) is 0 Å². The van der Waals surface area contributed by atoms with E-state index in [0.717, 1.165) is 5.56 Å². The molecule has 1 aliphatic rings. The number of β-amino-alcohol motifs (C(OH)–C–C–N with tert-alkyl or cyclic N) is 1. The van der Waals surface area contributed by atoms with Crippen LogP contribution >= 0.6 is 0 Å². The maximum absolute atomic E-state index is 12.3. The number of benzene rings is 1. The van der Waals surface area contributed by atoms with Crippen molar-refractivity contribution in [2.24, 2.45) is 5.73 Å². The van der Waals surface area contributed by atoms with Crippen LogP contribution in [0.3, 0.4) is 0 Å². The third-order valence-corrected chi connectivity index (χ3v) is 3.59. The minimum Gasteiger partial charge on any atom is -0.444 e. The zero-order chi connectivity index (χ0) is 15.6. The van der Waals surface area contributed by atoms with E-state index in [9.17, 15) is 9.90 Å². The number of aliphatic hydroxyl groups excluding tert-OH is 1. The van der Waals surface area contributed by atoms with Gasteiger partial charge in [0, 0.05) is 0 Å². The summed E-state index contributed by atoms with van der Waals surface area (Å²) in [6.07, 6.45) is -0.528. The van der Waals surface area contributed by atoms with Crippen molar-refractivity contribution in [1.29, 1.82) is 0 Å². The van der Waals surface area contributed by atoms with Crippen LogP contribution in [0.1, 0.15) is 26.3 Å². The maximum atomic E-state index is 12.3. The highest BCUT2D eigenvalue weighted by Crippen LogP contribution is 2.23. The first-order valence-electron chi connectivity index (χ1n) is 7.25. The molecular formula is C16H24N2O3. The van der Waals surface area contributed by atoms with Gasteiger partial charge < -0.3 is 20.5 Å². The van der Waals surface area contributed by atoms with Gasteiger partial charge in [0.05, 0.1) is 24.7 Å². The molecule has 5 heteroatoms. The Labute approximate surface area is 125 Å². The molecule has 1 aliphatic heterocycles. The van der Waals surface area contributed by atoms with Crippen molar-refractivity contribution < 1.29 is 14.6 Å². The Hall–Kier alpha value is -1.59. The largest absolute Gasteiger partial charge is 0.444 e. The summed E-state index contributed by atoms with van der Waals surface area (Å²) in [6.45, 7) is 5.68. The molecule has 0 aliphatic carbocycles. The summed E-state index contributed by atoms with van der Waals surface area (Å²) in [5, 5.41) is 9.99. The third-order valence-electron chi connectivity index (χ3n) is 3.59. The zero-order valence-corrected chi connectivity index (χ0v) is 12.8. The van der Waals surface area contributed by atoms with Crippen LogP contribution in [-0.2, 0) is 11.2 Å². The summed E-state index contributed by atoms with van der Waals surface area (Å²) in [7, 11) is 0. The minimum absolute atomic E-state index is 0.216. The summed E-state index contributed by atoms with van der Waals surface area (Å²) in [6, 6.07) is 9.11. The molecule has 0 aromatic heterocycles. The van der Waals surface area contributed by atoms with E-state index in [-0.39, 0.29) is 12.6 Å². The number of carbonyl (C=O) groups is 1. The van der Waals surface area contributed by atoms with Crippen molar-refractivity contribution in [2.45, 2.75) is 51.0 Å². The van der Waals surface area contributed by atoms with Crippen LogP contribution in [0.4, 0.5) is 4.79 Å². The predicted molar refractivity (Wildman–Crippen MR) is 80.9 cm³/mol. The fourth-order valence-corrected chi connectivity index (χ4v) is 2.56. The Morgan fingerprint density at radius 1 is 1.38 bits per heavy atom. The van der Waals surface area contributed by atoms with E-state index in [0.29, 0.717) is 6.42 Å². The third kappa shape index (κ3) is 3.95. The van der Waals surface area contributed by atoms with Gasteiger partial charge >= 0.3 is 6.09 Å². The smallest absolute Gasteiger partial charge is 0.410 e. The average molecular weight is 292 g/mol. The highest BCUT2D eigenvalue weighted by Gasteiger charge is 2.42. The van der Waals surface area contributed by atoms with Gasteiger partial charge in [-0.25, -0.2) is 4.79 Å². The van der Waals surface area contributed by atoms with E-state index < -0.39 is 23.8 Å². The zero-order valence-electron chi connectivity index (χ0n) is 12.8. The molecule has 0 saturated carbocycles. The second-order valence-electron chi connectivity index (χ2n) is 6.53. The lowest BCUT2D eigenvalue weighted by Crippen LogP contribution is -2.46. The maximum Gasteiger partial charge on any atom is 0.410 e. The molecular weight excluding hydrogens is 268 g/mol. The molecule has 2 rings (SSSR count). The second kappa shape index (κ2) is 6.03. The number of hydrogen-bond donors (Lipinski definition) is 2. The number of rotatable bonds is 2. The predicted octanol–water partition coefficient (Wildman–Crippen LogP) is 1.54. The number of amides is 1. The molecule has 1 heterocycles. The first-order chi connectivity index (χ1) is 9.78. The van der Waals surface area contributed by atoms with Crippen molar-refractivity contribution in [3.05, 3.63) is 35.9 Å². The normalized spacial score (nSPS) is 26.0. The van der Waals surface area contributed by atoms with Crippen LogP contribution in [0.2, 0.25) is 0 Å². The molecule has 1 amide bonds. The van der Waals surface area contributed by atoms with E-state index in [1.807, 2.05) is 51.1 Å². The number of nitrogens with two attached hydrogens (primary N) is 1. The number of likely N-dealkylation sites (tertiary alicyclic amines) is 1. The molecule has 0 bridgehead atoms. The summed E-state index contributed by atoms with van der Waals surface area (Å²) >= 11 is 0. The van der Waals surface area contributed by atoms with Gasteiger partial charge in [0.2, 0.25) is 0 Å². The van der Waals surface area contributed by atoms with Crippen molar-refractivity contribution >= 4 is 6.09 Å². The van der Waals surface area contributed by atoms with Crippen LogP contribution < -0.4 is 5.73 Å². The molecule has 1 saturated heterocycles. The molecule has 1 aromatic carbocycles. The first kappa shape index (κ1) is 15.8. The summed E-state index contributed by atoms with van der Waals surface area (Å²) < 4.78 is 5.41. The van der Waals surface area contributed by atoms with Gasteiger partial charge in [-0.1, -0.05) is 30.3 Å². The number of hydrogen-bond acceptors (Lipinski definition) is 4. The summed E-state index contributed by atoms with van der Waals surface area (Å²) in [5.41, 5.74) is 6.58. The molecule has 21 heavy (non-hydrogen) atoms. The highest BCUT2D eigenvalue weighted by molar-refractivity contribution is 5.69. The molecule has 3 atom stereocenters. The van der Waals surface area contributed by atoms with E-state index in [4.69, 9.17) is 10.5 Å². The lowest BCUT2D eigenvalue weighted by Gasteiger charge is -2.29. The van der Waals surface area contributed by atoms with E-state index in [1.54, 1.807) is 4.90 Å². The molecule has 5 nitrogen and oxygen atoms in total. The second-order valence-corrected chi connectivity index (χ2v) is 6.53. The monoisotopic (exact) mass is 292 g/mol. The first-order valence-corrected chi connectivity index (χ1v) is 7.25. The fourth-order valence-electron chi connectivity index (χ4n) is 2.56. The summed E-state index contributed by atoms with van der Waals surface area (Å²) in [5.74, 6) is 0. The van der Waals surface area contributed by atoms with Crippen molar-refractivity contribution in [1.82, 2.24) is 4.90 Å². The lowest BCUT2D eigenvalue weighted by atomic mass is 10.00. The van der Waals surface area contributed by atoms with Gasteiger partial charge in [-0.15, -0.1) is 0 Å². The van der Waals surface area contributed by atoms with Gasteiger partial charge in [0.15, 0.2) is 0 Å². The van der Waals surface area contributed by atoms with E-state index in [2.05, 4.69) is 0 Å². The fraction of sp³-hybridized carbons (Fsp3) is 0.562. The van der Waals surface area contributed by atoms with Crippen LogP contribution in [0.5, 0.6) is 0 Å². The van der Waals surface area contributed by atoms with Crippen molar-refractivity contribution in [3.63, 3.8) is 0 Å². The molecule has 1 aromatic rings. The Bertz CT molecular complexity index is 484. The van der Waals surface area contributed by atoms with Crippen LogP contribution in [0.15, 0.2) is 30.3 Å². The van der Waals surface area contributed by atoms with Gasteiger partial charge in [0.25, 0.3) is 0 Å². The summed E-state index contributed by atoms with van der Waals surface area (Å²) in [4.78, 5) is 13.8. The minimum atomic E-state index is -0.716. The van der Waals surface area contributed by atoms with Crippen LogP contribution in [0.25, 0.3) is 0 Å². The molecule has 3 N–H and O–H groups in total. The van der Waals surface area contributed by atoms with Crippen molar-refractivity contribution in [3.8, 4) is 0 Å². The molecule has 0 radical (unpaired) electrons. The average Bonchev–Trinajstić information content (AvgIpc) is 2.66. The van der Waals surface area contributed by atoms with Gasteiger partial charge in [-0.3, -0.25) is 0 Å². The van der Waals surface area contributed by atoms with Gasteiger partial charge in [-0.05, 0) is 32.8 Å². The number of carbonyl (C=O) groups excluding carboxylic acids is 1. The Morgan fingerprint density at radius 2 is 2.00 bits per heavy atom. The highest BCUT2D eigenvalue weighted by atomic mass is 16.6. The molecule has 0 spiro atoms. The standard InChI is InChI=1S/C16H24N2O3/c1-16(2,3)21-15(20)18-10-13(19)14(17)12(18)9-11-7-5-4-6-8-11/h4-8,12-14,19H,9-10,17H2,1-3H3. The number of ether oxygens (including phenoxy) is 1. The Balaban J connectivity index is 2.13. The van der Waals surface area contributed by atoms with Crippen LogP contribution in [-0.4, -0.2) is 46.4 Å². The van der Waals surface area contributed by atoms with E-state index in [1.165, 1.54) is 0 Å². The quantitative estimate of drug-likeness (QED) is 0.867. The number of aliphatic hydroxyl groups is 1. The Kier molecular flexibility index (Phi) is 4.54. The van der Waals surface area contributed by atoms with Gasteiger partial charge in [0.1, 0.15) is 5.60 Å². The number of nitrogens with zero attached hydrogens (tertiary/aromatic N) is 1. The van der Waals surface area contributed by atoms with E-state index >= 15 is 0 Å². The van der Waals surface area contributed by atoms with Gasteiger partial charge in [-0.2, -0.15) is 0 Å². The molecule has 3 unspecified atom stereocenters. The lowest BCUT2D eigenvalue weighted by molar-refractivity contribution is 0.0206. The van der Waals surface area contributed by atoms with Crippen molar-refractivity contribution in [2.75, 3.05) is 6.54 Å². The Morgan fingerprint density at radius 3 is 2.57 bits per heavy atom. The molecule has 116 valence electrons. The topological polar surface area (TPSA) is 75.8 Å².